The summed E-state index contributed by atoms with van der Waals surface area (Å²) in [5.74, 6) is 1.34. The standard InChI is InChI=1S/2C20H24ClN3O.2C2H6N.Zr/c2*1-19(2,3)12-9-14(20(4,5)6)18(25)17(10-12)24-22-15-8-7-13(21)11-16(15)23-24;2*1-3-2;/h2*7-11,25H,1-6H3;2*1-2H3;/q;;2*-1;+4/p-2. The van der Waals surface area contributed by atoms with E-state index < -0.39 is 21.7 Å². The molecular weight excluding hydrogens is 835 g/mol. The minimum atomic E-state index is -4.83. The topological polar surface area (TPSA) is 86.4 Å². The number of hydrogen-bond donors (Lipinski definition) is 0. The number of halogens is 2. The van der Waals surface area contributed by atoms with Crippen LogP contribution < -0.4 is 5.63 Å². The summed E-state index contributed by atoms with van der Waals surface area (Å²) in [4.78, 5) is 3.38. The first-order chi connectivity index (χ1) is 26.2. The fraction of sp³-hybridized carbons (Fsp3) is 0.455. The Morgan fingerprint density at radius 3 is 1.11 bits per heavy atom. The summed E-state index contributed by atoms with van der Waals surface area (Å²) < 4.78 is 19.8. The van der Waals surface area contributed by atoms with Crippen LogP contribution in [0.5, 0.6) is 11.5 Å². The van der Waals surface area contributed by atoms with Crippen molar-refractivity contribution in [3.8, 4) is 22.9 Å². The van der Waals surface area contributed by atoms with Gasteiger partial charge in [0.1, 0.15) is 0 Å². The third-order valence-electron chi connectivity index (χ3n) is 10.2. The molecule has 10 nitrogen and oxygen atoms in total. The molecule has 0 aliphatic heterocycles. The number of hydrogen-bond acceptors (Lipinski definition) is 8. The van der Waals surface area contributed by atoms with E-state index in [4.69, 9.17) is 49.2 Å². The van der Waals surface area contributed by atoms with Crippen LogP contribution in [0.1, 0.15) is 105 Å². The van der Waals surface area contributed by atoms with Crippen LogP contribution in [0.4, 0.5) is 0 Å². The van der Waals surface area contributed by atoms with Crippen molar-refractivity contribution in [2.75, 3.05) is 28.2 Å². The molecule has 2 aromatic heterocycles. The van der Waals surface area contributed by atoms with Gasteiger partial charge in [-0.1, -0.05) is 0 Å². The number of nitrogens with zero attached hydrogens (tertiary/aromatic N) is 8. The molecule has 4 aromatic carbocycles. The van der Waals surface area contributed by atoms with Crippen molar-refractivity contribution in [3.63, 3.8) is 0 Å². The summed E-state index contributed by atoms with van der Waals surface area (Å²) in [7, 11) is 8.17. The van der Waals surface area contributed by atoms with Crippen LogP contribution in [0.3, 0.4) is 0 Å². The predicted molar refractivity (Wildman–Crippen MR) is 231 cm³/mol. The zero-order chi connectivity index (χ0) is 42.2. The molecule has 0 amide bonds. The molecule has 2 heterocycles. The Labute approximate surface area is 354 Å². The molecule has 0 aliphatic rings. The second-order valence-electron chi connectivity index (χ2n) is 19.5. The maximum absolute atomic E-state index is 7.74. The average molecular weight is 893 g/mol. The van der Waals surface area contributed by atoms with E-state index in [1.807, 2.05) is 64.6 Å². The molecule has 0 aliphatic carbocycles. The molecule has 57 heavy (non-hydrogen) atoms. The van der Waals surface area contributed by atoms with Gasteiger partial charge in [-0.2, -0.15) is 0 Å². The van der Waals surface area contributed by atoms with Gasteiger partial charge >= 0.3 is 357 Å². The van der Waals surface area contributed by atoms with Crippen LogP contribution in [0.2, 0.25) is 10.0 Å². The Balaban J connectivity index is 1.68. The summed E-state index contributed by atoms with van der Waals surface area (Å²) in [5.41, 5.74) is 7.57. The van der Waals surface area contributed by atoms with Gasteiger partial charge in [-0.15, -0.1) is 0 Å². The van der Waals surface area contributed by atoms with Gasteiger partial charge in [0.15, 0.2) is 0 Å². The van der Waals surface area contributed by atoms with Crippen LogP contribution in [0, 0.1) is 0 Å². The molecule has 0 unspecified atom stereocenters. The molecule has 0 fully saturated rings. The van der Waals surface area contributed by atoms with Crippen molar-refractivity contribution >= 4 is 45.3 Å². The molecule has 0 radical (unpaired) electrons. The monoisotopic (exact) mass is 890 g/mol. The summed E-state index contributed by atoms with van der Waals surface area (Å²) in [6.07, 6.45) is 0. The molecule has 304 valence electrons. The van der Waals surface area contributed by atoms with Crippen molar-refractivity contribution in [3.05, 3.63) is 93.0 Å². The normalized spacial score (nSPS) is 13.4. The molecular formula is C44H58Cl2N8O2Zr. The minimum absolute atomic E-state index is 0.182. The molecule has 6 aromatic rings. The summed E-state index contributed by atoms with van der Waals surface area (Å²) >= 11 is 8.04. The molecule has 0 atom stereocenters. The molecule has 0 spiro atoms. The van der Waals surface area contributed by atoms with Crippen molar-refractivity contribution in [2.24, 2.45) is 0 Å². The van der Waals surface area contributed by atoms with Gasteiger partial charge in [0.05, 0.1) is 0 Å². The third kappa shape index (κ3) is 8.70. The second kappa shape index (κ2) is 15.0. The number of aromatic nitrogens is 6. The van der Waals surface area contributed by atoms with E-state index in [-0.39, 0.29) is 21.7 Å². The molecule has 0 saturated carbocycles. The zero-order valence-corrected chi connectivity index (χ0v) is 40.4. The van der Waals surface area contributed by atoms with Crippen molar-refractivity contribution < 1.29 is 27.4 Å². The maximum atomic E-state index is 7.74. The van der Waals surface area contributed by atoms with Gasteiger partial charge in [0.25, 0.3) is 0 Å². The number of fused-ring (bicyclic) bond motifs is 2. The molecule has 6 rings (SSSR count). The molecule has 0 saturated heterocycles. The van der Waals surface area contributed by atoms with E-state index in [0.717, 1.165) is 44.7 Å². The van der Waals surface area contributed by atoms with E-state index in [1.54, 1.807) is 9.59 Å². The summed E-state index contributed by atoms with van der Waals surface area (Å²) in [5, 5.41) is 21.1. The Kier molecular flexibility index (Phi) is 11.4. The molecule has 0 N–H and O–H groups in total. The van der Waals surface area contributed by atoms with Gasteiger partial charge in [-0.05, 0) is 0 Å². The number of rotatable bonds is 8. The van der Waals surface area contributed by atoms with Crippen molar-refractivity contribution in [1.29, 1.82) is 0 Å². The van der Waals surface area contributed by atoms with Gasteiger partial charge < -0.3 is 0 Å². The van der Waals surface area contributed by atoms with Crippen molar-refractivity contribution in [2.45, 2.75) is 105 Å². The van der Waals surface area contributed by atoms with Crippen LogP contribution >= 0.6 is 23.2 Å². The van der Waals surface area contributed by atoms with E-state index in [9.17, 15) is 0 Å². The first-order valence-electron chi connectivity index (χ1n) is 19.4. The quantitative estimate of drug-likeness (QED) is 0.149. The van der Waals surface area contributed by atoms with Crippen LogP contribution in [-0.4, -0.2) is 63.9 Å². The van der Waals surface area contributed by atoms with Crippen LogP contribution in [-0.2, 0) is 43.4 Å². The fourth-order valence-corrected chi connectivity index (χ4v) is 13.3. The Morgan fingerprint density at radius 1 is 0.474 bits per heavy atom. The SMILES string of the molecule is C[N](C)[Zr]([O]c1c(-n2nc3ccc(Cl)cc3n2)cc(C(C)(C)C)cc1C(C)(C)C)([O]c1c(-n2nc3ccc(Cl)cc3n2)cc(C(C)(C)C)cc1C(C)(C)C)[N](C)C. The third-order valence-corrected chi connectivity index (χ3v) is 18.5. The van der Waals surface area contributed by atoms with E-state index in [0.29, 0.717) is 32.6 Å². The van der Waals surface area contributed by atoms with Gasteiger partial charge in [0, 0.05) is 0 Å². The van der Waals surface area contributed by atoms with Crippen LogP contribution in [0.15, 0.2) is 60.7 Å². The fourth-order valence-electron chi connectivity index (χ4n) is 6.76. The van der Waals surface area contributed by atoms with E-state index in [2.05, 4.69) is 113 Å². The average Bonchev–Trinajstić information content (AvgIpc) is 3.69. The first kappa shape index (κ1) is 43.2. The van der Waals surface area contributed by atoms with E-state index >= 15 is 0 Å². The zero-order valence-electron chi connectivity index (χ0n) is 36.4. The van der Waals surface area contributed by atoms with Gasteiger partial charge in [0.2, 0.25) is 0 Å². The second-order valence-corrected chi connectivity index (χ2v) is 28.5. The van der Waals surface area contributed by atoms with Crippen LogP contribution in [0.25, 0.3) is 33.4 Å². The van der Waals surface area contributed by atoms with Crippen molar-refractivity contribution in [1.82, 2.24) is 35.7 Å². The Hall–Kier alpha value is -3.34. The Bertz CT molecular complexity index is 2290. The Morgan fingerprint density at radius 2 is 0.807 bits per heavy atom. The van der Waals surface area contributed by atoms with Gasteiger partial charge in [-0.25, -0.2) is 0 Å². The molecule has 13 heteroatoms. The van der Waals surface area contributed by atoms with E-state index in [1.165, 1.54) is 0 Å². The summed E-state index contributed by atoms with van der Waals surface area (Å²) in [6, 6.07) is 20.0. The predicted octanol–water partition coefficient (Wildman–Crippen LogP) is 11.0. The molecule has 0 bridgehead atoms. The summed E-state index contributed by atoms with van der Waals surface area (Å²) in [6.45, 7) is 26.6. The first-order valence-corrected chi connectivity index (χ1v) is 24.3. The number of benzene rings is 4. The van der Waals surface area contributed by atoms with Gasteiger partial charge in [-0.3, -0.25) is 0 Å².